The zero-order valence-electron chi connectivity index (χ0n) is 10.3. The molecule has 1 saturated heterocycles. The van der Waals surface area contributed by atoms with Gasteiger partial charge in [0.15, 0.2) is 5.17 Å². The van der Waals surface area contributed by atoms with Crippen LogP contribution in [0.2, 0.25) is 0 Å². The molecule has 3 N–H and O–H groups in total. The SMILES string of the molecule is OC[C@H]1C[C@@H]2SC(N3CCCC3)=N[C@@H]2[C@@H](O)[C@@H]1O. The smallest absolute Gasteiger partial charge is 0.159 e. The van der Waals surface area contributed by atoms with E-state index in [4.69, 9.17) is 0 Å². The Morgan fingerprint density at radius 2 is 1.94 bits per heavy atom. The van der Waals surface area contributed by atoms with Crippen molar-refractivity contribution in [2.24, 2.45) is 10.9 Å². The van der Waals surface area contributed by atoms with Crippen molar-refractivity contribution in [2.45, 2.75) is 42.8 Å². The molecule has 5 nitrogen and oxygen atoms in total. The van der Waals surface area contributed by atoms with Crippen molar-refractivity contribution >= 4 is 16.9 Å². The summed E-state index contributed by atoms with van der Waals surface area (Å²) in [5.41, 5.74) is 0. The Morgan fingerprint density at radius 1 is 1.22 bits per heavy atom. The fourth-order valence-corrected chi connectivity index (χ4v) is 4.59. The molecule has 0 aromatic carbocycles. The number of aliphatic hydroxyl groups is 3. The van der Waals surface area contributed by atoms with Crippen molar-refractivity contribution in [1.29, 1.82) is 0 Å². The summed E-state index contributed by atoms with van der Waals surface area (Å²) in [6, 6.07) is -0.205. The zero-order chi connectivity index (χ0) is 12.7. The molecule has 0 unspecified atom stereocenters. The van der Waals surface area contributed by atoms with Gasteiger partial charge in [-0.2, -0.15) is 0 Å². The molecule has 1 saturated carbocycles. The number of rotatable bonds is 1. The Hall–Kier alpha value is -0.300. The van der Waals surface area contributed by atoms with Crippen LogP contribution in [0, 0.1) is 5.92 Å². The van der Waals surface area contributed by atoms with E-state index in [2.05, 4.69) is 9.89 Å². The Bertz CT molecular complexity index is 346. The van der Waals surface area contributed by atoms with Gasteiger partial charge in [0.1, 0.15) is 6.10 Å². The molecule has 3 aliphatic rings. The Kier molecular flexibility index (Phi) is 3.53. The van der Waals surface area contributed by atoms with Crippen LogP contribution in [-0.4, -0.2) is 68.6 Å². The second-order valence-corrected chi connectivity index (χ2v) is 6.62. The molecule has 0 spiro atoms. The average Bonchev–Trinajstić information content (AvgIpc) is 3.01. The standard InChI is InChI=1S/C12H20N2O3S/c15-6-7-5-8-9(11(17)10(7)16)13-12(18-8)14-3-1-2-4-14/h7-11,15-17H,1-6H2/t7-,8+,9+,10-,11-/m1/s1. The summed E-state index contributed by atoms with van der Waals surface area (Å²) in [6.45, 7) is 2.03. The fraction of sp³-hybridized carbons (Fsp3) is 0.917. The summed E-state index contributed by atoms with van der Waals surface area (Å²) in [5, 5.41) is 30.5. The van der Waals surface area contributed by atoms with Crippen LogP contribution in [0.5, 0.6) is 0 Å². The van der Waals surface area contributed by atoms with Crippen LogP contribution in [0.25, 0.3) is 0 Å². The molecule has 0 aromatic heterocycles. The molecule has 5 atom stereocenters. The number of likely N-dealkylation sites (tertiary alicyclic amines) is 1. The third-order valence-electron chi connectivity index (χ3n) is 4.23. The molecule has 0 radical (unpaired) electrons. The highest BCUT2D eigenvalue weighted by molar-refractivity contribution is 8.14. The maximum absolute atomic E-state index is 10.1. The highest BCUT2D eigenvalue weighted by Gasteiger charge is 2.47. The number of hydrogen-bond donors (Lipinski definition) is 3. The van der Waals surface area contributed by atoms with Crippen molar-refractivity contribution in [2.75, 3.05) is 19.7 Å². The summed E-state index contributed by atoms with van der Waals surface area (Å²) in [5.74, 6) is -0.220. The molecule has 2 heterocycles. The molecule has 2 fully saturated rings. The fourth-order valence-electron chi connectivity index (χ4n) is 3.10. The molecule has 1 aliphatic carbocycles. The lowest BCUT2D eigenvalue weighted by Gasteiger charge is -2.37. The summed E-state index contributed by atoms with van der Waals surface area (Å²) in [4.78, 5) is 6.88. The predicted octanol–water partition coefficient (Wildman–Crippen LogP) is -0.344. The lowest BCUT2D eigenvalue weighted by atomic mass is 9.81. The van der Waals surface area contributed by atoms with Gasteiger partial charge in [0.05, 0.1) is 12.1 Å². The van der Waals surface area contributed by atoms with E-state index in [-0.39, 0.29) is 23.8 Å². The zero-order valence-corrected chi connectivity index (χ0v) is 11.1. The van der Waals surface area contributed by atoms with Crippen LogP contribution in [0.4, 0.5) is 0 Å². The van der Waals surface area contributed by atoms with E-state index in [9.17, 15) is 15.3 Å². The van der Waals surface area contributed by atoms with Crippen molar-refractivity contribution in [3.8, 4) is 0 Å². The minimum Gasteiger partial charge on any atom is -0.396 e. The normalized spacial score (nSPS) is 44.1. The maximum atomic E-state index is 10.1. The molecular formula is C12H20N2O3S. The van der Waals surface area contributed by atoms with Gasteiger partial charge in [-0.3, -0.25) is 4.99 Å². The number of hydrogen-bond acceptors (Lipinski definition) is 6. The third-order valence-corrected chi connectivity index (χ3v) is 5.57. The van der Waals surface area contributed by atoms with Crippen LogP contribution in [0.1, 0.15) is 19.3 Å². The summed E-state index contributed by atoms with van der Waals surface area (Å²) in [7, 11) is 0. The average molecular weight is 272 g/mol. The van der Waals surface area contributed by atoms with E-state index in [1.165, 1.54) is 12.8 Å². The van der Waals surface area contributed by atoms with Gasteiger partial charge in [0.2, 0.25) is 0 Å². The monoisotopic (exact) mass is 272 g/mol. The summed E-state index contributed by atoms with van der Waals surface area (Å²) in [6.07, 6.45) is 1.45. The van der Waals surface area contributed by atoms with Crippen LogP contribution in [-0.2, 0) is 0 Å². The second-order valence-electron chi connectivity index (χ2n) is 5.41. The van der Waals surface area contributed by atoms with Gasteiger partial charge in [-0.25, -0.2) is 0 Å². The van der Waals surface area contributed by atoms with Gasteiger partial charge in [-0.15, -0.1) is 0 Å². The largest absolute Gasteiger partial charge is 0.396 e. The number of amidine groups is 1. The van der Waals surface area contributed by atoms with Crippen molar-refractivity contribution in [1.82, 2.24) is 4.90 Å². The molecule has 6 heteroatoms. The van der Waals surface area contributed by atoms with E-state index in [1.807, 2.05) is 0 Å². The van der Waals surface area contributed by atoms with E-state index in [1.54, 1.807) is 11.8 Å². The molecule has 102 valence electrons. The number of aliphatic imine (C=N–C) groups is 1. The summed E-state index contributed by atoms with van der Waals surface area (Å²) >= 11 is 1.71. The van der Waals surface area contributed by atoms with Crippen LogP contribution in [0.15, 0.2) is 4.99 Å². The molecule has 0 aromatic rings. The first kappa shape index (κ1) is 12.7. The topological polar surface area (TPSA) is 76.3 Å². The van der Waals surface area contributed by atoms with Gasteiger partial charge in [-0.1, -0.05) is 11.8 Å². The minimum absolute atomic E-state index is 0.0684. The number of nitrogens with zero attached hydrogens (tertiary/aromatic N) is 2. The first-order valence-corrected chi connectivity index (χ1v) is 7.55. The van der Waals surface area contributed by atoms with Crippen LogP contribution < -0.4 is 0 Å². The molecule has 3 rings (SSSR count). The van der Waals surface area contributed by atoms with Crippen molar-refractivity contribution in [3.63, 3.8) is 0 Å². The lowest BCUT2D eigenvalue weighted by Crippen LogP contribution is -2.51. The van der Waals surface area contributed by atoms with Crippen LogP contribution >= 0.6 is 11.8 Å². The second kappa shape index (κ2) is 5.00. The van der Waals surface area contributed by atoms with E-state index in [0.717, 1.165) is 24.7 Å². The highest BCUT2D eigenvalue weighted by atomic mass is 32.2. The maximum Gasteiger partial charge on any atom is 0.159 e. The van der Waals surface area contributed by atoms with E-state index >= 15 is 0 Å². The van der Waals surface area contributed by atoms with Crippen LogP contribution in [0.3, 0.4) is 0 Å². The minimum atomic E-state index is -0.849. The van der Waals surface area contributed by atoms with Gasteiger partial charge >= 0.3 is 0 Å². The van der Waals surface area contributed by atoms with E-state index in [0.29, 0.717) is 0 Å². The first-order valence-electron chi connectivity index (χ1n) is 6.67. The predicted molar refractivity (Wildman–Crippen MR) is 70.6 cm³/mol. The molecule has 0 bridgehead atoms. The number of aliphatic hydroxyl groups excluding tert-OH is 3. The quantitative estimate of drug-likeness (QED) is 0.609. The molecule has 18 heavy (non-hydrogen) atoms. The molecular weight excluding hydrogens is 252 g/mol. The van der Waals surface area contributed by atoms with Gasteiger partial charge in [0.25, 0.3) is 0 Å². The Balaban J connectivity index is 1.74. The lowest BCUT2D eigenvalue weighted by molar-refractivity contribution is -0.0646. The van der Waals surface area contributed by atoms with Gasteiger partial charge in [0, 0.05) is 30.9 Å². The van der Waals surface area contributed by atoms with Gasteiger partial charge < -0.3 is 20.2 Å². The first-order chi connectivity index (χ1) is 8.70. The Labute approximate surface area is 111 Å². The van der Waals surface area contributed by atoms with Crippen molar-refractivity contribution in [3.05, 3.63) is 0 Å². The van der Waals surface area contributed by atoms with E-state index < -0.39 is 12.2 Å². The molecule has 0 amide bonds. The number of fused-ring (bicyclic) bond motifs is 1. The summed E-state index contributed by atoms with van der Waals surface area (Å²) < 4.78 is 0. The molecule has 2 aliphatic heterocycles. The van der Waals surface area contributed by atoms with Gasteiger partial charge in [-0.05, 0) is 19.3 Å². The third kappa shape index (κ3) is 2.05. The highest BCUT2D eigenvalue weighted by Crippen LogP contribution is 2.41. The Morgan fingerprint density at radius 3 is 2.61 bits per heavy atom. The number of thioether (sulfide) groups is 1. The van der Waals surface area contributed by atoms with Crippen molar-refractivity contribution < 1.29 is 15.3 Å².